The monoisotopic (exact) mass is 415 g/mol. The van der Waals surface area contributed by atoms with Crippen LogP contribution in [0.3, 0.4) is 0 Å². The Morgan fingerprint density at radius 3 is 2.63 bits per heavy atom. The average molecular weight is 416 g/mol. The van der Waals surface area contributed by atoms with Gasteiger partial charge in [-0.15, -0.1) is 0 Å². The van der Waals surface area contributed by atoms with Crippen molar-refractivity contribution in [2.24, 2.45) is 0 Å². The molecule has 0 aliphatic heterocycles. The zero-order valence-corrected chi connectivity index (χ0v) is 17.4. The molecule has 0 aliphatic carbocycles. The fraction of sp³-hybridized carbons (Fsp3) is 0.120. The molecule has 150 valence electrons. The van der Waals surface area contributed by atoms with E-state index in [9.17, 15) is 4.79 Å². The Labute approximate surface area is 180 Å². The van der Waals surface area contributed by atoms with Crippen LogP contribution in [0.2, 0.25) is 5.02 Å². The fourth-order valence-electron chi connectivity index (χ4n) is 3.45. The van der Waals surface area contributed by atoms with E-state index >= 15 is 0 Å². The Morgan fingerprint density at radius 2 is 1.83 bits per heavy atom. The average Bonchev–Trinajstić information content (AvgIpc) is 3.13. The van der Waals surface area contributed by atoms with Gasteiger partial charge in [0.2, 0.25) is 0 Å². The molecule has 1 amide bonds. The lowest BCUT2D eigenvalue weighted by Crippen LogP contribution is -2.28. The van der Waals surface area contributed by atoms with Crippen molar-refractivity contribution < 1.29 is 4.79 Å². The van der Waals surface area contributed by atoms with Crippen LogP contribution in [0.15, 0.2) is 84.9 Å². The van der Waals surface area contributed by atoms with Gasteiger partial charge in [-0.25, -0.2) is 4.98 Å². The van der Waals surface area contributed by atoms with Gasteiger partial charge in [0.1, 0.15) is 5.82 Å². The number of amides is 1. The lowest BCUT2D eigenvalue weighted by Gasteiger charge is -2.15. The van der Waals surface area contributed by atoms with Crippen LogP contribution in [0.5, 0.6) is 0 Å². The number of imidazole rings is 1. The quantitative estimate of drug-likeness (QED) is 0.426. The first-order chi connectivity index (χ1) is 14.6. The maximum Gasteiger partial charge on any atom is 0.251 e. The standard InChI is InChI=1S/C25H22ClN3O/c1-18(27-25(30)20-12-7-13-21(26)17-20)24-28-22-14-5-6-15-23(22)29(24)16-8-11-19-9-3-2-4-10-19/h2-15,17-18H,16H2,1H3,(H,27,30)/b11-8+. The van der Waals surface area contributed by atoms with Crippen molar-refractivity contribution in [3.63, 3.8) is 0 Å². The highest BCUT2D eigenvalue weighted by Gasteiger charge is 2.18. The SMILES string of the molecule is CC(NC(=O)c1cccc(Cl)c1)c1nc2ccccc2n1C/C=C/c1ccccc1. The molecule has 0 saturated carbocycles. The molecule has 0 spiro atoms. The minimum atomic E-state index is -0.269. The minimum Gasteiger partial charge on any atom is -0.342 e. The molecule has 1 unspecified atom stereocenters. The third-order valence-corrected chi connectivity index (χ3v) is 5.14. The molecular formula is C25H22ClN3O. The van der Waals surface area contributed by atoms with Crippen molar-refractivity contribution in [2.75, 3.05) is 0 Å². The molecule has 0 aliphatic rings. The van der Waals surface area contributed by atoms with Gasteiger partial charge in [0.15, 0.2) is 0 Å². The number of aromatic nitrogens is 2. The van der Waals surface area contributed by atoms with Crippen molar-refractivity contribution in [2.45, 2.75) is 19.5 Å². The summed E-state index contributed by atoms with van der Waals surface area (Å²) in [6, 6.07) is 24.8. The molecule has 4 aromatic rings. The molecule has 30 heavy (non-hydrogen) atoms. The first-order valence-electron chi connectivity index (χ1n) is 9.85. The lowest BCUT2D eigenvalue weighted by atomic mass is 10.2. The molecule has 5 heteroatoms. The summed E-state index contributed by atoms with van der Waals surface area (Å²) in [7, 11) is 0. The largest absolute Gasteiger partial charge is 0.342 e. The molecule has 4 nitrogen and oxygen atoms in total. The van der Waals surface area contributed by atoms with Crippen molar-refractivity contribution in [1.82, 2.24) is 14.9 Å². The van der Waals surface area contributed by atoms with Gasteiger partial charge in [0, 0.05) is 17.1 Å². The highest BCUT2D eigenvalue weighted by atomic mass is 35.5. The van der Waals surface area contributed by atoms with E-state index < -0.39 is 0 Å². The Morgan fingerprint density at radius 1 is 1.07 bits per heavy atom. The Balaban J connectivity index is 1.60. The Hall–Kier alpha value is -3.37. The lowest BCUT2D eigenvalue weighted by molar-refractivity contribution is 0.0938. The number of nitrogens with one attached hydrogen (secondary N) is 1. The number of halogens is 1. The highest BCUT2D eigenvalue weighted by molar-refractivity contribution is 6.30. The molecule has 1 heterocycles. The number of hydrogen-bond acceptors (Lipinski definition) is 2. The van der Waals surface area contributed by atoms with Crippen LogP contribution in [0.25, 0.3) is 17.1 Å². The summed E-state index contributed by atoms with van der Waals surface area (Å²) in [5.41, 5.74) is 3.62. The first kappa shape index (κ1) is 19.9. The summed E-state index contributed by atoms with van der Waals surface area (Å²) in [5, 5.41) is 3.58. The van der Waals surface area contributed by atoms with Crippen LogP contribution in [0.4, 0.5) is 0 Å². The van der Waals surface area contributed by atoms with Crippen molar-refractivity contribution in [3.05, 3.63) is 107 Å². The zero-order chi connectivity index (χ0) is 20.9. The van der Waals surface area contributed by atoms with E-state index in [0.717, 1.165) is 22.4 Å². The zero-order valence-electron chi connectivity index (χ0n) is 16.6. The minimum absolute atomic E-state index is 0.177. The number of allylic oxidation sites excluding steroid dienone is 1. The number of fused-ring (bicyclic) bond motifs is 1. The van der Waals surface area contributed by atoms with Gasteiger partial charge in [0.25, 0.3) is 5.91 Å². The molecule has 0 fully saturated rings. The van der Waals surface area contributed by atoms with Crippen LogP contribution in [-0.4, -0.2) is 15.5 Å². The summed E-state index contributed by atoms with van der Waals surface area (Å²) < 4.78 is 2.14. The number of hydrogen-bond donors (Lipinski definition) is 1. The third kappa shape index (κ3) is 4.44. The van der Waals surface area contributed by atoms with E-state index in [4.69, 9.17) is 16.6 Å². The van der Waals surface area contributed by atoms with Crippen molar-refractivity contribution in [3.8, 4) is 0 Å². The van der Waals surface area contributed by atoms with Gasteiger partial charge in [-0.05, 0) is 42.8 Å². The van der Waals surface area contributed by atoms with E-state index in [0.29, 0.717) is 17.1 Å². The maximum absolute atomic E-state index is 12.7. The number of carbonyl (C=O) groups excluding carboxylic acids is 1. The van der Waals surface area contributed by atoms with Gasteiger partial charge in [-0.2, -0.15) is 0 Å². The predicted octanol–water partition coefficient (Wildman–Crippen LogP) is 5.89. The smallest absolute Gasteiger partial charge is 0.251 e. The number of benzene rings is 3. The van der Waals surface area contributed by atoms with Gasteiger partial charge in [-0.3, -0.25) is 4.79 Å². The molecule has 1 N–H and O–H groups in total. The normalized spacial score (nSPS) is 12.3. The molecule has 0 bridgehead atoms. The van der Waals surface area contributed by atoms with Crippen LogP contribution < -0.4 is 5.32 Å². The van der Waals surface area contributed by atoms with Gasteiger partial charge in [-0.1, -0.05) is 72.3 Å². The predicted molar refractivity (Wildman–Crippen MR) is 123 cm³/mol. The molecular weight excluding hydrogens is 394 g/mol. The highest BCUT2D eigenvalue weighted by Crippen LogP contribution is 2.22. The summed E-state index contributed by atoms with van der Waals surface area (Å²) in [6.07, 6.45) is 4.20. The van der Waals surface area contributed by atoms with Crippen molar-refractivity contribution in [1.29, 1.82) is 0 Å². The number of nitrogens with zero attached hydrogens (tertiary/aromatic N) is 2. The third-order valence-electron chi connectivity index (χ3n) is 4.90. The second-order valence-corrected chi connectivity index (χ2v) is 7.52. The second kappa shape index (κ2) is 8.97. The second-order valence-electron chi connectivity index (χ2n) is 7.09. The van der Waals surface area contributed by atoms with E-state index in [2.05, 4.69) is 34.2 Å². The van der Waals surface area contributed by atoms with E-state index in [1.165, 1.54) is 0 Å². The van der Waals surface area contributed by atoms with Crippen LogP contribution in [0, 0.1) is 0 Å². The van der Waals surface area contributed by atoms with Crippen LogP contribution in [0.1, 0.15) is 34.7 Å². The van der Waals surface area contributed by atoms with Gasteiger partial charge < -0.3 is 9.88 Å². The Bertz CT molecular complexity index is 1200. The molecule has 1 aromatic heterocycles. The Kier molecular flexibility index (Phi) is 5.96. The van der Waals surface area contributed by atoms with Crippen molar-refractivity contribution >= 4 is 34.6 Å². The molecule has 0 radical (unpaired) electrons. The number of carbonyl (C=O) groups is 1. The maximum atomic E-state index is 12.7. The number of rotatable bonds is 6. The van der Waals surface area contributed by atoms with Crippen LogP contribution >= 0.6 is 11.6 Å². The summed E-state index contributed by atoms with van der Waals surface area (Å²) in [4.78, 5) is 17.5. The summed E-state index contributed by atoms with van der Waals surface area (Å²) in [6.45, 7) is 2.60. The van der Waals surface area contributed by atoms with Gasteiger partial charge >= 0.3 is 0 Å². The molecule has 0 saturated heterocycles. The summed E-state index contributed by atoms with van der Waals surface area (Å²) >= 11 is 6.02. The topological polar surface area (TPSA) is 46.9 Å². The molecule has 1 atom stereocenters. The van der Waals surface area contributed by atoms with Gasteiger partial charge in [0.05, 0.1) is 17.1 Å². The molecule has 4 rings (SSSR count). The van der Waals surface area contributed by atoms with Crippen LogP contribution in [-0.2, 0) is 6.54 Å². The van der Waals surface area contributed by atoms with E-state index in [-0.39, 0.29) is 11.9 Å². The van der Waals surface area contributed by atoms with E-state index in [1.807, 2.05) is 49.4 Å². The molecule has 3 aromatic carbocycles. The van der Waals surface area contributed by atoms with E-state index in [1.54, 1.807) is 24.3 Å². The summed E-state index contributed by atoms with van der Waals surface area (Å²) in [5.74, 6) is 0.632. The first-order valence-corrected chi connectivity index (χ1v) is 10.2. The fourth-order valence-corrected chi connectivity index (χ4v) is 3.64. The number of para-hydroxylation sites is 2.